The van der Waals surface area contributed by atoms with E-state index in [2.05, 4.69) is 30.2 Å². The molecule has 8 nitrogen and oxygen atoms in total. The van der Waals surface area contributed by atoms with Crippen molar-refractivity contribution < 1.29 is 9.18 Å². The SMILES string of the molecule is O=C(Nc1ccc(N2CCN3CCCC3C2)c(F)c1)c1nc2ncccn2n1. The molecule has 9 heteroatoms. The zero-order valence-electron chi connectivity index (χ0n) is 15.3. The maximum Gasteiger partial charge on any atom is 0.295 e. The van der Waals surface area contributed by atoms with Crippen LogP contribution in [0.3, 0.4) is 0 Å². The summed E-state index contributed by atoms with van der Waals surface area (Å²) < 4.78 is 16.2. The summed E-state index contributed by atoms with van der Waals surface area (Å²) in [5.41, 5.74) is 0.956. The molecule has 4 heterocycles. The molecule has 1 aromatic carbocycles. The molecule has 28 heavy (non-hydrogen) atoms. The van der Waals surface area contributed by atoms with Gasteiger partial charge >= 0.3 is 0 Å². The monoisotopic (exact) mass is 381 g/mol. The Morgan fingerprint density at radius 2 is 2.18 bits per heavy atom. The minimum atomic E-state index is -0.503. The van der Waals surface area contributed by atoms with Crippen molar-refractivity contribution in [3.8, 4) is 0 Å². The summed E-state index contributed by atoms with van der Waals surface area (Å²) in [6, 6.07) is 7.01. The highest BCUT2D eigenvalue weighted by Gasteiger charge is 2.31. The van der Waals surface area contributed by atoms with E-state index in [1.807, 2.05) is 0 Å². The molecule has 2 aromatic heterocycles. The third kappa shape index (κ3) is 3.07. The van der Waals surface area contributed by atoms with E-state index in [1.54, 1.807) is 30.6 Å². The Morgan fingerprint density at radius 1 is 1.25 bits per heavy atom. The second-order valence-electron chi connectivity index (χ2n) is 7.20. The number of nitrogens with zero attached hydrogens (tertiary/aromatic N) is 6. The number of carbonyl (C=O) groups is 1. The number of carbonyl (C=O) groups excluding carboxylic acids is 1. The summed E-state index contributed by atoms with van der Waals surface area (Å²) in [7, 11) is 0. The van der Waals surface area contributed by atoms with Crippen molar-refractivity contribution in [1.29, 1.82) is 0 Å². The zero-order chi connectivity index (χ0) is 19.1. The van der Waals surface area contributed by atoms with Gasteiger partial charge in [-0.2, -0.15) is 4.98 Å². The summed E-state index contributed by atoms with van der Waals surface area (Å²) >= 11 is 0. The van der Waals surface area contributed by atoms with Gasteiger partial charge < -0.3 is 10.2 Å². The lowest BCUT2D eigenvalue weighted by atomic mass is 10.1. The first-order valence-electron chi connectivity index (χ1n) is 9.45. The van der Waals surface area contributed by atoms with Crippen molar-refractivity contribution in [2.24, 2.45) is 0 Å². The fraction of sp³-hybridized carbons (Fsp3) is 0.368. The van der Waals surface area contributed by atoms with Crippen LogP contribution in [0.5, 0.6) is 0 Å². The molecule has 0 saturated carbocycles. The summed E-state index contributed by atoms with van der Waals surface area (Å²) in [6.45, 7) is 3.78. The lowest BCUT2D eigenvalue weighted by Gasteiger charge is -2.39. The number of rotatable bonds is 3. The molecule has 144 valence electrons. The van der Waals surface area contributed by atoms with E-state index in [4.69, 9.17) is 0 Å². The molecular formula is C19H20FN7O. The Morgan fingerprint density at radius 3 is 3.04 bits per heavy atom. The van der Waals surface area contributed by atoms with E-state index in [-0.39, 0.29) is 11.6 Å². The van der Waals surface area contributed by atoms with Gasteiger partial charge in [-0.05, 0) is 43.7 Å². The fourth-order valence-corrected chi connectivity index (χ4v) is 4.07. The lowest BCUT2D eigenvalue weighted by molar-refractivity contribution is 0.101. The van der Waals surface area contributed by atoms with E-state index in [9.17, 15) is 9.18 Å². The Labute approximate surface area is 161 Å². The van der Waals surface area contributed by atoms with Gasteiger partial charge in [-0.3, -0.25) is 9.69 Å². The van der Waals surface area contributed by atoms with E-state index < -0.39 is 5.91 Å². The maximum atomic E-state index is 14.7. The van der Waals surface area contributed by atoms with Gasteiger partial charge in [0.15, 0.2) is 0 Å². The number of amides is 1. The quantitative estimate of drug-likeness (QED) is 0.745. The lowest BCUT2D eigenvalue weighted by Crippen LogP contribution is -2.50. The topological polar surface area (TPSA) is 78.7 Å². The largest absolute Gasteiger partial charge is 0.366 e. The predicted octanol–water partition coefficient (Wildman–Crippen LogP) is 1.80. The van der Waals surface area contributed by atoms with Crippen molar-refractivity contribution in [3.05, 3.63) is 48.3 Å². The summed E-state index contributed by atoms with van der Waals surface area (Å²) in [5.74, 6) is -0.521. The molecule has 2 fully saturated rings. The highest BCUT2D eigenvalue weighted by molar-refractivity contribution is 6.01. The van der Waals surface area contributed by atoms with Crippen LogP contribution in [0.4, 0.5) is 15.8 Å². The van der Waals surface area contributed by atoms with Gasteiger partial charge in [0, 0.05) is 43.8 Å². The van der Waals surface area contributed by atoms with Crippen LogP contribution in [0.2, 0.25) is 0 Å². The predicted molar refractivity (Wildman–Crippen MR) is 102 cm³/mol. The summed E-state index contributed by atoms with van der Waals surface area (Å²) in [6.07, 6.45) is 5.63. The van der Waals surface area contributed by atoms with Crippen molar-refractivity contribution in [3.63, 3.8) is 0 Å². The molecule has 0 aliphatic carbocycles. The molecule has 5 rings (SSSR count). The van der Waals surface area contributed by atoms with Crippen LogP contribution in [0.25, 0.3) is 5.78 Å². The molecule has 1 atom stereocenters. The minimum absolute atomic E-state index is 0.0134. The average Bonchev–Trinajstić information content (AvgIpc) is 3.34. The maximum absolute atomic E-state index is 14.7. The number of anilines is 2. The molecule has 2 aliphatic heterocycles. The molecule has 0 radical (unpaired) electrons. The van der Waals surface area contributed by atoms with Gasteiger partial charge in [-0.25, -0.2) is 13.9 Å². The van der Waals surface area contributed by atoms with Crippen LogP contribution in [0.15, 0.2) is 36.7 Å². The van der Waals surface area contributed by atoms with Crippen LogP contribution in [-0.4, -0.2) is 62.6 Å². The molecule has 0 bridgehead atoms. The highest BCUT2D eigenvalue weighted by Crippen LogP contribution is 2.28. The third-order valence-electron chi connectivity index (χ3n) is 5.45. The van der Waals surface area contributed by atoms with Gasteiger partial charge in [-0.1, -0.05) is 0 Å². The number of hydrogen-bond donors (Lipinski definition) is 1. The van der Waals surface area contributed by atoms with E-state index >= 15 is 0 Å². The molecule has 0 spiro atoms. The smallest absolute Gasteiger partial charge is 0.295 e. The number of fused-ring (bicyclic) bond motifs is 2. The Balaban J connectivity index is 1.31. The van der Waals surface area contributed by atoms with Gasteiger partial charge in [0.25, 0.3) is 11.7 Å². The van der Waals surface area contributed by atoms with E-state index in [0.717, 1.165) is 26.2 Å². The first-order chi connectivity index (χ1) is 13.7. The van der Waals surface area contributed by atoms with Crippen LogP contribution >= 0.6 is 0 Å². The molecule has 2 aliphatic rings. The van der Waals surface area contributed by atoms with Gasteiger partial charge in [0.2, 0.25) is 5.82 Å². The first kappa shape index (κ1) is 17.1. The van der Waals surface area contributed by atoms with Gasteiger partial charge in [0.1, 0.15) is 5.82 Å². The minimum Gasteiger partial charge on any atom is -0.366 e. The molecule has 1 unspecified atom stereocenters. The highest BCUT2D eigenvalue weighted by atomic mass is 19.1. The number of piperazine rings is 1. The Kier molecular flexibility index (Phi) is 4.16. The summed E-state index contributed by atoms with van der Waals surface area (Å²) in [4.78, 5) is 25.1. The zero-order valence-corrected chi connectivity index (χ0v) is 15.3. The summed E-state index contributed by atoms with van der Waals surface area (Å²) in [5, 5.41) is 6.73. The molecule has 1 N–H and O–H groups in total. The van der Waals surface area contributed by atoms with Crippen LogP contribution in [0, 0.1) is 5.82 Å². The van der Waals surface area contributed by atoms with E-state index in [0.29, 0.717) is 23.2 Å². The van der Waals surface area contributed by atoms with E-state index in [1.165, 1.54) is 23.4 Å². The number of halogens is 1. The van der Waals surface area contributed by atoms with Crippen molar-refractivity contribution in [1.82, 2.24) is 24.5 Å². The second-order valence-corrected chi connectivity index (χ2v) is 7.20. The van der Waals surface area contributed by atoms with Crippen LogP contribution in [0.1, 0.15) is 23.5 Å². The van der Waals surface area contributed by atoms with Crippen LogP contribution < -0.4 is 10.2 Å². The average molecular weight is 381 g/mol. The Hall–Kier alpha value is -3.07. The standard InChI is InChI=1S/C19H20FN7O/c20-15-11-13(22-18(28)17-23-19-21-6-2-8-27(19)24-17)4-5-16(15)26-10-9-25-7-1-3-14(25)12-26/h2,4-6,8,11,14H,1,3,7,9-10,12H2,(H,22,28). The molecule has 1 amide bonds. The molecule has 2 saturated heterocycles. The first-order valence-corrected chi connectivity index (χ1v) is 9.45. The van der Waals surface area contributed by atoms with Crippen LogP contribution in [-0.2, 0) is 0 Å². The van der Waals surface area contributed by atoms with Gasteiger partial charge in [-0.15, -0.1) is 5.10 Å². The van der Waals surface area contributed by atoms with Crippen molar-refractivity contribution in [2.75, 3.05) is 36.4 Å². The number of benzene rings is 1. The van der Waals surface area contributed by atoms with Crippen molar-refractivity contribution in [2.45, 2.75) is 18.9 Å². The third-order valence-corrected chi connectivity index (χ3v) is 5.45. The second kappa shape index (κ2) is 6.83. The van der Waals surface area contributed by atoms with Crippen molar-refractivity contribution >= 4 is 23.1 Å². The molecular weight excluding hydrogens is 361 g/mol. The van der Waals surface area contributed by atoms with Gasteiger partial charge in [0.05, 0.1) is 5.69 Å². The number of hydrogen-bond acceptors (Lipinski definition) is 6. The molecule has 3 aromatic rings. The Bertz CT molecular complexity index is 1000. The normalized spacial score (nSPS) is 19.8. The number of nitrogens with one attached hydrogen (secondary N) is 1. The fourth-order valence-electron chi connectivity index (χ4n) is 4.07. The number of aromatic nitrogens is 4.